The van der Waals surface area contributed by atoms with E-state index in [9.17, 15) is 18.0 Å². The maximum Gasteiger partial charge on any atom is 0.417 e. The van der Waals surface area contributed by atoms with Crippen molar-refractivity contribution in [3.05, 3.63) is 41.0 Å². The third-order valence-electron chi connectivity index (χ3n) is 3.21. The molecule has 1 aliphatic carbocycles. The highest BCUT2D eigenvalue weighted by Crippen LogP contribution is 2.38. The molecule has 1 aliphatic rings. The van der Waals surface area contributed by atoms with E-state index in [1.54, 1.807) is 0 Å². The van der Waals surface area contributed by atoms with Gasteiger partial charge in [0.1, 0.15) is 0 Å². The molecule has 19 heavy (non-hydrogen) atoms. The minimum atomic E-state index is -4.54. The molecule has 0 heterocycles. The Morgan fingerprint density at radius 1 is 1.21 bits per heavy atom. The van der Waals surface area contributed by atoms with Crippen LogP contribution in [0.3, 0.4) is 0 Å². The highest BCUT2D eigenvalue weighted by molar-refractivity contribution is 5.88. The summed E-state index contributed by atoms with van der Waals surface area (Å²) in [6.07, 6.45) is 0.498. The van der Waals surface area contributed by atoms with E-state index < -0.39 is 17.7 Å². The Morgan fingerprint density at radius 3 is 2.47 bits per heavy atom. The second-order valence-electron chi connectivity index (χ2n) is 4.54. The Balaban J connectivity index is 2.54. The first-order chi connectivity index (χ1) is 8.89. The molecule has 0 spiro atoms. The number of benzene rings is 1. The summed E-state index contributed by atoms with van der Waals surface area (Å²) in [7, 11) is 0. The van der Waals surface area contributed by atoms with Crippen molar-refractivity contribution in [2.24, 2.45) is 0 Å². The summed E-state index contributed by atoms with van der Waals surface area (Å²) in [5, 5.41) is 8.79. The van der Waals surface area contributed by atoms with Crippen LogP contribution in [0.4, 0.5) is 13.2 Å². The molecule has 0 bridgehead atoms. The lowest BCUT2D eigenvalue weighted by atomic mass is 9.89. The van der Waals surface area contributed by atoms with E-state index in [2.05, 4.69) is 0 Å². The van der Waals surface area contributed by atoms with Crippen LogP contribution in [-0.4, -0.2) is 11.1 Å². The Hall–Kier alpha value is -1.78. The second-order valence-corrected chi connectivity index (χ2v) is 4.54. The molecule has 0 unspecified atom stereocenters. The second kappa shape index (κ2) is 5.07. The number of allylic oxidation sites excluding steroid dienone is 2. The van der Waals surface area contributed by atoms with Crippen molar-refractivity contribution in [1.82, 2.24) is 0 Å². The van der Waals surface area contributed by atoms with Gasteiger partial charge in [-0.2, -0.15) is 13.2 Å². The molecule has 1 aromatic carbocycles. The normalized spacial score (nSPS) is 16.1. The van der Waals surface area contributed by atoms with Gasteiger partial charge in [-0.15, -0.1) is 0 Å². The molecule has 0 radical (unpaired) electrons. The lowest BCUT2D eigenvalue weighted by Crippen LogP contribution is -2.11. The highest BCUT2D eigenvalue weighted by atomic mass is 19.4. The van der Waals surface area contributed by atoms with Crippen LogP contribution in [0.2, 0.25) is 0 Å². The number of carboxylic acids is 1. The molecule has 0 amide bonds. The Bertz CT molecular complexity index is 530. The van der Waals surface area contributed by atoms with Gasteiger partial charge in [0.25, 0.3) is 0 Å². The Morgan fingerprint density at radius 2 is 1.95 bits per heavy atom. The molecule has 1 aromatic rings. The summed E-state index contributed by atoms with van der Waals surface area (Å²) in [6.45, 7) is 0. The zero-order valence-electron chi connectivity index (χ0n) is 10.1. The van der Waals surface area contributed by atoms with E-state index in [1.807, 2.05) is 6.08 Å². The monoisotopic (exact) mass is 270 g/mol. The van der Waals surface area contributed by atoms with Gasteiger partial charge in [-0.25, -0.2) is 4.79 Å². The molecule has 0 fully saturated rings. The molecule has 0 aromatic heterocycles. The first kappa shape index (κ1) is 13.6. The van der Waals surface area contributed by atoms with Gasteiger partial charge < -0.3 is 5.11 Å². The first-order valence-electron chi connectivity index (χ1n) is 6.03. The minimum absolute atomic E-state index is 0.109. The average molecular weight is 270 g/mol. The fraction of sp³-hybridized carbons (Fsp3) is 0.357. The van der Waals surface area contributed by atoms with Crippen LogP contribution in [0.25, 0.3) is 5.57 Å². The lowest BCUT2D eigenvalue weighted by molar-refractivity contribution is -0.137. The molecule has 0 aliphatic heterocycles. The SMILES string of the molecule is O=C(O)c1ccc(C2=CCCCC2)c(C(F)(F)F)c1. The summed E-state index contributed by atoms with van der Waals surface area (Å²) >= 11 is 0. The number of halogens is 3. The number of carbonyl (C=O) groups is 1. The smallest absolute Gasteiger partial charge is 0.417 e. The van der Waals surface area contributed by atoms with Crippen molar-refractivity contribution in [3.63, 3.8) is 0 Å². The van der Waals surface area contributed by atoms with E-state index in [0.717, 1.165) is 19.3 Å². The first-order valence-corrected chi connectivity index (χ1v) is 6.03. The van der Waals surface area contributed by atoms with Crippen LogP contribution in [0.5, 0.6) is 0 Å². The largest absolute Gasteiger partial charge is 0.478 e. The lowest BCUT2D eigenvalue weighted by Gasteiger charge is -2.18. The fourth-order valence-electron chi connectivity index (χ4n) is 2.27. The van der Waals surface area contributed by atoms with Crippen LogP contribution in [-0.2, 0) is 6.18 Å². The molecule has 0 saturated heterocycles. The zero-order chi connectivity index (χ0) is 14.0. The molecule has 2 nitrogen and oxygen atoms in total. The van der Waals surface area contributed by atoms with Crippen molar-refractivity contribution in [3.8, 4) is 0 Å². The van der Waals surface area contributed by atoms with Crippen molar-refractivity contribution in [2.75, 3.05) is 0 Å². The average Bonchev–Trinajstić information content (AvgIpc) is 2.38. The Labute approximate surface area is 108 Å². The van der Waals surface area contributed by atoms with Gasteiger partial charge >= 0.3 is 12.1 Å². The topological polar surface area (TPSA) is 37.3 Å². The molecular weight excluding hydrogens is 257 g/mol. The summed E-state index contributed by atoms with van der Waals surface area (Å²) in [4.78, 5) is 10.8. The van der Waals surface area contributed by atoms with Crippen molar-refractivity contribution < 1.29 is 23.1 Å². The van der Waals surface area contributed by atoms with E-state index in [-0.39, 0.29) is 11.1 Å². The number of hydrogen-bond donors (Lipinski definition) is 1. The van der Waals surface area contributed by atoms with Crippen LogP contribution in [0, 0.1) is 0 Å². The summed E-state index contributed by atoms with van der Waals surface area (Å²) in [5.41, 5.74) is -0.430. The number of carboxylic acid groups (broad SMARTS) is 1. The molecule has 0 atom stereocenters. The van der Waals surface area contributed by atoms with Crippen LogP contribution >= 0.6 is 0 Å². The highest BCUT2D eigenvalue weighted by Gasteiger charge is 2.35. The van der Waals surface area contributed by atoms with Crippen molar-refractivity contribution in [2.45, 2.75) is 31.9 Å². The minimum Gasteiger partial charge on any atom is -0.478 e. The van der Waals surface area contributed by atoms with Crippen LogP contribution in [0.15, 0.2) is 24.3 Å². The zero-order valence-corrected chi connectivity index (χ0v) is 10.1. The molecular formula is C14H13F3O2. The molecule has 102 valence electrons. The van der Waals surface area contributed by atoms with Gasteiger partial charge in [-0.05, 0) is 49.0 Å². The third-order valence-corrected chi connectivity index (χ3v) is 3.21. The molecule has 2 rings (SSSR count). The predicted molar refractivity (Wildman–Crippen MR) is 64.8 cm³/mol. The molecule has 1 N–H and O–H groups in total. The summed E-state index contributed by atoms with van der Waals surface area (Å²) in [6, 6.07) is 3.21. The Kier molecular flexibility index (Phi) is 3.64. The maximum absolute atomic E-state index is 13.0. The van der Waals surface area contributed by atoms with Crippen molar-refractivity contribution in [1.29, 1.82) is 0 Å². The van der Waals surface area contributed by atoms with Gasteiger partial charge in [-0.1, -0.05) is 12.1 Å². The van der Waals surface area contributed by atoms with Crippen LogP contribution in [0.1, 0.15) is 47.2 Å². The number of alkyl halides is 3. The van der Waals surface area contributed by atoms with Crippen molar-refractivity contribution >= 4 is 11.5 Å². The van der Waals surface area contributed by atoms with Gasteiger partial charge in [0.15, 0.2) is 0 Å². The molecule has 0 saturated carbocycles. The number of aromatic carboxylic acids is 1. The van der Waals surface area contributed by atoms with E-state index >= 15 is 0 Å². The summed E-state index contributed by atoms with van der Waals surface area (Å²) in [5.74, 6) is -1.35. The van der Waals surface area contributed by atoms with E-state index in [0.29, 0.717) is 18.1 Å². The molecule has 5 heteroatoms. The quantitative estimate of drug-likeness (QED) is 0.866. The number of hydrogen-bond acceptors (Lipinski definition) is 1. The number of rotatable bonds is 2. The van der Waals surface area contributed by atoms with E-state index in [1.165, 1.54) is 12.1 Å². The van der Waals surface area contributed by atoms with Gasteiger partial charge in [0, 0.05) is 0 Å². The standard InChI is InChI=1S/C14H13F3O2/c15-14(16,17)12-8-10(13(18)19)6-7-11(12)9-4-2-1-3-5-9/h4,6-8H,1-3,5H2,(H,18,19). The maximum atomic E-state index is 13.0. The van der Waals surface area contributed by atoms with Crippen LogP contribution < -0.4 is 0 Å². The fourth-order valence-corrected chi connectivity index (χ4v) is 2.27. The van der Waals surface area contributed by atoms with Gasteiger partial charge in [0.2, 0.25) is 0 Å². The predicted octanol–water partition coefficient (Wildman–Crippen LogP) is 4.36. The van der Waals surface area contributed by atoms with E-state index in [4.69, 9.17) is 5.11 Å². The summed E-state index contributed by atoms with van der Waals surface area (Å²) < 4.78 is 39.1. The van der Waals surface area contributed by atoms with Gasteiger partial charge in [0.05, 0.1) is 11.1 Å². The third kappa shape index (κ3) is 2.97. The van der Waals surface area contributed by atoms with Gasteiger partial charge in [-0.3, -0.25) is 0 Å².